The van der Waals surface area contributed by atoms with E-state index >= 15 is 0 Å². The number of ether oxygens (including phenoxy) is 1. The van der Waals surface area contributed by atoms with E-state index in [0.29, 0.717) is 12.4 Å². The van der Waals surface area contributed by atoms with Gasteiger partial charge in [0.15, 0.2) is 0 Å². The summed E-state index contributed by atoms with van der Waals surface area (Å²) >= 11 is 1.41. The van der Waals surface area contributed by atoms with E-state index in [1.807, 2.05) is 68.4 Å². The third-order valence-corrected chi connectivity index (χ3v) is 4.75. The molecule has 5 heteroatoms. The first-order valence-corrected chi connectivity index (χ1v) is 8.68. The van der Waals surface area contributed by atoms with E-state index in [1.54, 1.807) is 0 Å². The molecule has 0 N–H and O–H groups in total. The maximum atomic E-state index is 12.5. The summed E-state index contributed by atoms with van der Waals surface area (Å²) < 4.78 is 5.27. The standard InChI is InChI=1S/C19H18N2O2S/c1-3-23-19(22)17(14-9-5-4-6-10-14)24-18-15-11-7-8-12-16(15)20-13(2)21-18/h4-12,17H,3H2,1-2H3/t17-/m0/s1. The smallest absolute Gasteiger partial charge is 0.324 e. The van der Waals surface area contributed by atoms with Crippen molar-refractivity contribution in [1.82, 2.24) is 9.97 Å². The van der Waals surface area contributed by atoms with Gasteiger partial charge >= 0.3 is 5.97 Å². The number of fused-ring (bicyclic) bond motifs is 1. The second-order valence-corrected chi connectivity index (χ2v) is 6.35. The van der Waals surface area contributed by atoms with Crippen molar-refractivity contribution in [3.05, 3.63) is 66.0 Å². The third kappa shape index (κ3) is 3.57. The van der Waals surface area contributed by atoms with Crippen molar-refractivity contribution in [3.63, 3.8) is 0 Å². The number of esters is 1. The van der Waals surface area contributed by atoms with Crippen LogP contribution in [0.3, 0.4) is 0 Å². The van der Waals surface area contributed by atoms with Gasteiger partial charge in [0.1, 0.15) is 16.1 Å². The first kappa shape index (κ1) is 16.5. The zero-order valence-corrected chi connectivity index (χ0v) is 14.4. The van der Waals surface area contributed by atoms with E-state index in [0.717, 1.165) is 21.5 Å². The van der Waals surface area contributed by atoms with Crippen LogP contribution < -0.4 is 0 Å². The molecule has 0 amide bonds. The molecule has 122 valence electrons. The Bertz CT molecular complexity index is 852. The molecule has 1 atom stereocenters. The van der Waals surface area contributed by atoms with Crippen LogP contribution in [0.25, 0.3) is 10.9 Å². The number of hydrogen-bond donors (Lipinski definition) is 0. The van der Waals surface area contributed by atoms with Crippen molar-refractivity contribution in [3.8, 4) is 0 Å². The van der Waals surface area contributed by atoms with Gasteiger partial charge in [-0.25, -0.2) is 9.97 Å². The molecule has 0 bridgehead atoms. The highest BCUT2D eigenvalue weighted by atomic mass is 32.2. The molecule has 0 aliphatic rings. The molecular weight excluding hydrogens is 320 g/mol. The molecule has 1 heterocycles. The van der Waals surface area contributed by atoms with Crippen LogP contribution in [0.2, 0.25) is 0 Å². The molecule has 0 fully saturated rings. The molecule has 0 aliphatic heterocycles. The van der Waals surface area contributed by atoms with Gasteiger partial charge in [-0.15, -0.1) is 0 Å². The van der Waals surface area contributed by atoms with Crippen molar-refractivity contribution in [2.24, 2.45) is 0 Å². The first-order chi connectivity index (χ1) is 11.7. The lowest BCUT2D eigenvalue weighted by Gasteiger charge is -2.16. The molecular formula is C19H18N2O2S. The fourth-order valence-corrected chi connectivity index (χ4v) is 3.62. The van der Waals surface area contributed by atoms with Crippen LogP contribution in [0.5, 0.6) is 0 Å². The number of carbonyl (C=O) groups is 1. The number of aryl methyl sites for hydroxylation is 1. The van der Waals surface area contributed by atoms with E-state index in [2.05, 4.69) is 9.97 Å². The summed E-state index contributed by atoms with van der Waals surface area (Å²) in [7, 11) is 0. The van der Waals surface area contributed by atoms with Gasteiger partial charge in [-0.1, -0.05) is 60.3 Å². The molecule has 4 nitrogen and oxygen atoms in total. The Balaban J connectivity index is 2.03. The van der Waals surface area contributed by atoms with Gasteiger partial charge in [0.2, 0.25) is 0 Å². The number of rotatable bonds is 5. The zero-order valence-electron chi connectivity index (χ0n) is 13.6. The zero-order chi connectivity index (χ0) is 16.9. The Morgan fingerprint density at radius 1 is 1.08 bits per heavy atom. The highest BCUT2D eigenvalue weighted by molar-refractivity contribution is 8.00. The van der Waals surface area contributed by atoms with Gasteiger partial charge in [0.05, 0.1) is 12.1 Å². The van der Waals surface area contributed by atoms with Gasteiger partial charge in [-0.05, 0) is 25.5 Å². The normalized spacial score (nSPS) is 12.1. The van der Waals surface area contributed by atoms with E-state index in [-0.39, 0.29) is 5.97 Å². The monoisotopic (exact) mass is 338 g/mol. The van der Waals surface area contributed by atoms with Gasteiger partial charge in [0, 0.05) is 5.39 Å². The predicted octanol–water partition coefficient (Wildman–Crippen LogP) is 4.33. The second kappa shape index (κ2) is 7.45. The van der Waals surface area contributed by atoms with Gasteiger partial charge in [-0.3, -0.25) is 4.79 Å². The number of benzene rings is 2. The lowest BCUT2D eigenvalue weighted by molar-refractivity contribution is -0.142. The maximum Gasteiger partial charge on any atom is 0.324 e. The van der Waals surface area contributed by atoms with Gasteiger partial charge < -0.3 is 4.74 Å². The van der Waals surface area contributed by atoms with Crippen LogP contribution in [-0.4, -0.2) is 22.5 Å². The van der Waals surface area contributed by atoms with Crippen LogP contribution in [0.4, 0.5) is 0 Å². The molecule has 0 saturated carbocycles. The van der Waals surface area contributed by atoms with Crippen molar-refractivity contribution in [1.29, 1.82) is 0 Å². The minimum absolute atomic E-state index is 0.256. The number of carbonyl (C=O) groups excluding carboxylic acids is 1. The highest BCUT2D eigenvalue weighted by Crippen LogP contribution is 2.38. The summed E-state index contributed by atoms with van der Waals surface area (Å²) in [4.78, 5) is 21.5. The third-order valence-electron chi connectivity index (χ3n) is 3.51. The summed E-state index contributed by atoms with van der Waals surface area (Å²) in [5.41, 5.74) is 1.78. The van der Waals surface area contributed by atoms with E-state index in [4.69, 9.17) is 4.74 Å². The van der Waals surface area contributed by atoms with E-state index in [1.165, 1.54) is 11.8 Å². The highest BCUT2D eigenvalue weighted by Gasteiger charge is 2.25. The summed E-state index contributed by atoms with van der Waals surface area (Å²) in [5, 5.41) is 1.28. The summed E-state index contributed by atoms with van der Waals surface area (Å²) in [6.45, 7) is 4.03. The molecule has 3 rings (SSSR count). The van der Waals surface area contributed by atoms with Crippen molar-refractivity contribution < 1.29 is 9.53 Å². The Hall–Kier alpha value is -2.40. The van der Waals surface area contributed by atoms with Crippen molar-refractivity contribution in [2.75, 3.05) is 6.61 Å². The van der Waals surface area contributed by atoms with Crippen LogP contribution >= 0.6 is 11.8 Å². The number of thioether (sulfide) groups is 1. The average Bonchev–Trinajstić information content (AvgIpc) is 2.60. The molecule has 1 aromatic heterocycles. The van der Waals surface area contributed by atoms with Crippen LogP contribution in [0.1, 0.15) is 23.6 Å². The topological polar surface area (TPSA) is 52.1 Å². The minimum atomic E-state index is -0.455. The molecule has 2 aromatic carbocycles. The molecule has 0 saturated heterocycles. The summed E-state index contributed by atoms with van der Waals surface area (Å²) in [6, 6.07) is 17.5. The quantitative estimate of drug-likeness (QED) is 0.394. The molecule has 0 unspecified atom stereocenters. The van der Waals surface area contributed by atoms with Crippen LogP contribution in [0, 0.1) is 6.92 Å². The molecule has 3 aromatic rings. The molecule has 24 heavy (non-hydrogen) atoms. The summed E-state index contributed by atoms with van der Waals surface area (Å²) in [6.07, 6.45) is 0. The fraction of sp³-hybridized carbons (Fsp3) is 0.211. The Labute approximate surface area is 145 Å². The molecule has 0 aliphatic carbocycles. The van der Waals surface area contributed by atoms with Crippen LogP contribution in [-0.2, 0) is 9.53 Å². The first-order valence-electron chi connectivity index (χ1n) is 7.80. The Morgan fingerprint density at radius 2 is 1.79 bits per heavy atom. The van der Waals surface area contributed by atoms with E-state index < -0.39 is 5.25 Å². The number of nitrogens with zero attached hydrogens (tertiary/aromatic N) is 2. The minimum Gasteiger partial charge on any atom is -0.465 e. The van der Waals surface area contributed by atoms with Gasteiger partial charge in [0.25, 0.3) is 0 Å². The second-order valence-electron chi connectivity index (χ2n) is 5.25. The van der Waals surface area contributed by atoms with E-state index in [9.17, 15) is 4.79 Å². The van der Waals surface area contributed by atoms with Crippen molar-refractivity contribution in [2.45, 2.75) is 24.1 Å². The Kier molecular flexibility index (Phi) is 5.11. The summed E-state index contributed by atoms with van der Waals surface area (Å²) in [5.74, 6) is 0.431. The number of aromatic nitrogens is 2. The largest absolute Gasteiger partial charge is 0.465 e. The molecule has 0 spiro atoms. The van der Waals surface area contributed by atoms with Crippen LogP contribution in [0.15, 0.2) is 59.6 Å². The maximum absolute atomic E-state index is 12.5. The lowest BCUT2D eigenvalue weighted by atomic mass is 10.1. The number of para-hydroxylation sites is 1. The fourth-order valence-electron chi connectivity index (χ4n) is 2.46. The SMILES string of the molecule is CCOC(=O)[C@@H](Sc1nc(C)nc2ccccc12)c1ccccc1. The van der Waals surface area contributed by atoms with Gasteiger partial charge in [-0.2, -0.15) is 0 Å². The predicted molar refractivity (Wildman–Crippen MR) is 95.9 cm³/mol. The Morgan fingerprint density at radius 3 is 2.54 bits per heavy atom. The molecule has 0 radical (unpaired) electrons. The van der Waals surface area contributed by atoms with Crippen molar-refractivity contribution >= 4 is 28.6 Å². The number of hydrogen-bond acceptors (Lipinski definition) is 5. The average molecular weight is 338 g/mol. The lowest BCUT2D eigenvalue weighted by Crippen LogP contribution is -2.13.